The molecule has 1 aliphatic heterocycles. The first-order chi connectivity index (χ1) is 15.1. The van der Waals surface area contributed by atoms with Gasteiger partial charge in [0.1, 0.15) is 11.9 Å². The first kappa shape index (κ1) is 23.6. The van der Waals surface area contributed by atoms with E-state index in [9.17, 15) is 27.2 Å². The van der Waals surface area contributed by atoms with Crippen LogP contribution in [0, 0.1) is 5.82 Å². The number of nitrogens with one attached hydrogen (secondary N) is 1. The van der Waals surface area contributed by atoms with Gasteiger partial charge in [0.2, 0.25) is 21.8 Å². The molecule has 0 bridgehead atoms. The number of hydrogen-bond acceptors (Lipinski definition) is 5. The standard InChI is InChI=1S/C22H24FN3O5S/c1-4-14(2)26(32(30,31)19-11-5-16(23)6-12-19)20-13-21(28)25(22(20)29)18-9-7-17(8-10-18)24-15(3)27/h5-12,14,20H,4,13H2,1-3H3,(H,24,27). The van der Waals surface area contributed by atoms with E-state index in [0.29, 0.717) is 12.1 Å². The second kappa shape index (κ2) is 9.17. The fraction of sp³-hybridized carbons (Fsp3) is 0.318. The van der Waals surface area contributed by atoms with Crippen LogP contribution in [0.4, 0.5) is 15.8 Å². The van der Waals surface area contributed by atoms with Gasteiger partial charge >= 0.3 is 0 Å². The van der Waals surface area contributed by atoms with E-state index >= 15 is 0 Å². The molecule has 8 nitrogen and oxygen atoms in total. The summed E-state index contributed by atoms with van der Waals surface area (Å²) >= 11 is 0. The van der Waals surface area contributed by atoms with Crippen molar-refractivity contribution in [2.45, 2.75) is 50.6 Å². The van der Waals surface area contributed by atoms with Crippen LogP contribution >= 0.6 is 0 Å². The molecular weight excluding hydrogens is 437 g/mol. The summed E-state index contributed by atoms with van der Waals surface area (Å²) in [6.45, 7) is 4.79. The molecule has 32 heavy (non-hydrogen) atoms. The maximum atomic E-state index is 13.4. The van der Waals surface area contributed by atoms with Crippen LogP contribution in [0.1, 0.15) is 33.6 Å². The SMILES string of the molecule is CCC(C)N(C1CC(=O)N(c2ccc(NC(C)=O)cc2)C1=O)S(=O)(=O)c1ccc(F)cc1. The van der Waals surface area contributed by atoms with E-state index in [2.05, 4.69) is 5.32 Å². The number of amides is 3. The minimum atomic E-state index is -4.18. The van der Waals surface area contributed by atoms with Crippen molar-refractivity contribution in [1.82, 2.24) is 4.31 Å². The molecule has 1 heterocycles. The topological polar surface area (TPSA) is 104 Å². The van der Waals surface area contributed by atoms with Crippen molar-refractivity contribution in [3.8, 4) is 0 Å². The molecule has 1 saturated heterocycles. The van der Waals surface area contributed by atoms with E-state index in [0.717, 1.165) is 33.5 Å². The Kier molecular flexibility index (Phi) is 6.75. The normalized spacial score (nSPS) is 17.7. The first-order valence-electron chi connectivity index (χ1n) is 10.1. The van der Waals surface area contributed by atoms with Crippen LogP contribution < -0.4 is 10.2 Å². The predicted octanol–water partition coefficient (Wildman–Crippen LogP) is 2.91. The summed E-state index contributed by atoms with van der Waals surface area (Å²) in [5.74, 6) is -2.04. The number of hydrogen-bond donors (Lipinski definition) is 1. The zero-order valence-electron chi connectivity index (χ0n) is 17.9. The van der Waals surface area contributed by atoms with Gasteiger partial charge in [-0.15, -0.1) is 0 Å². The molecule has 2 unspecified atom stereocenters. The van der Waals surface area contributed by atoms with Gasteiger partial charge in [-0.25, -0.2) is 17.7 Å². The highest BCUT2D eigenvalue weighted by molar-refractivity contribution is 7.89. The van der Waals surface area contributed by atoms with Crippen molar-refractivity contribution in [3.05, 3.63) is 54.3 Å². The third-order valence-corrected chi connectivity index (χ3v) is 7.33. The van der Waals surface area contributed by atoms with Crippen LogP contribution in [0.25, 0.3) is 0 Å². The Labute approximate surface area is 186 Å². The Hall–Kier alpha value is -3.11. The summed E-state index contributed by atoms with van der Waals surface area (Å²) in [4.78, 5) is 38.0. The third-order valence-electron chi connectivity index (χ3n) is 5.29. The average Bonchev–Trinajstić information content (AvgIpc) is 3.02. The number of halogens is 1. The molecule has 2 aromatic rings. The number of carbonyl (C=O) groups is 3. The number of imide groups is 1. The lowest BCUT2D eigenvalue weighted by atomic mass is 10.2. The smallest absolute Gasteiger partial charge is 0.252 e. The molecule has 0 aromatic heterocycles. The fourth-order valence-corrected chi connectivity index (χ4v) is 5.45. The molecule has 2 atom stereocenters. The largest absolute Gasteiger partial charge is 0.326 e. The van der Waals surface area contributed by atoms with Gasteiger partial charge in [-0.2, -0.15) is 4.31 Å². The number of benzene rings is 2. The van der Waals surface area contributed by atoms with E-state index in [1.165, 1.54) is 19.1 Å². The van der Waals surface area contributed by atoms with Gasteiger partial charge in [-0.3, -0.25) is 14.4 Å². The number of anilines is 2. The van der Waals surface area contributed by atoms with Gasteiger partial charge < -0.3 is 5.32 Å². The van der Waals surface area contributed by atoms with Crippen molar-refractivity contribution in [1.29, 1.82) is 0 Å². The molecule has 2 aromatic carbocycles. The number of sulfonamides is 1. The molecule has 10 heteroatoms. The Morgan fingerprint density at radius 2 is 1.75 bits per heavy atom. The second-order valence-electron chi connectivity index (χ2n) is 7.56. The average molecular weight is 462 g/mol. The van der Waals surface area contributed by atoms with E-state index in [1.807, 2.05) is 0 Å². The number of nitrogens with zero attached hydrogens (tertiary/aromatic N) is 2. The van der Waals surface area contributed by atoms with E-state index in [-0.39, 0.29) is 22.9 Å². The van der Waals surface area contributed by atoms with Crippen LogP contribution in [-0.2, 0) is 24.4 Å². The Bertz CT molecular complexity index is 1130. The Morgan fingerprint density at radius 3 is 2.28 bits per heavy atom. The maximum absolute atomic E-state index is 13.4. The van der Waals surface area contributed by atoms with Crippen LogP contribution in [0.3, 0.4) is 0 Å². The maximum Gasteiger partial charge on any atom is 0.252 e. The lowest BCUT2D eigenvalue weighted by Gasteiger charge is -2.31. The van der Waals surface area contributed by atoms with Gasteiger partial charge in [0.05, 0.1) is 17.0 Å². The van der Waals surface area contributed by atoms with Crippen molar-refractivity contribution in [2.24, 2.45) is 0 Å². The number of carbonyl (C=O) groups excluding carboxylic acids is 3. The summed E-state index contributed by atoms with van der Waals surface area (Å²) in [5, 5.41) is 2.60. The van der Waals surface area contributed by atoms with E-state index in [4.69, 9.17) is 0 Å². The lowest BCUT2D eigenvalue weighted by Crippen LogP contribution is -2.49. The highest BCUT2D eigenvalue weighted by Crippen LogP contribution is 2.32. The van der Waals surface area contributed by atoms with Crippen molar-refractivity contribution in [2.75, 3.05) is 10.2 Å². The zero-order valence-corrected chi connectivity index (χ0v) is 18.7. The van der Waals surface area contributed by atoms with Crippen LogP contribution in [0.2, 0.25) is 0 Å². The molecular formula is C22H24FN3O5S. The van der Waals surface area contributed by atoms with Crippen LogP contribution in [0.15, 0.2) is 53.4 Å². The first-order valence-corrected chi connectivity index (χ1v) is 11.5. The molecule has 3 amide bonds. The molecule has 1 fully saturated rings. The molecule has 1 aliphatic rings. The quantitative estimate of drug-likeness (QED) is 0.639. The Balaban J connectivity index is 1.95. The number of rotatable bonds is 7. The van der Waals surface area contributed by atoms with Crippen LogP contribution in [0.5, 0.6) is 0 Å². The van der Waals surface area contributed by atoms with E-state index < -0.39 is 39.7 Å². The Morgan fingerprint density at radius 1 is 1.16 bits per heavy atom. The highest BCUT2D eigenvalue weighted by Gasteiger charge is 2.48. The molecule has 170 valence electrons. The van der Waals surface area contributed by atoms with Crippen molar-refractivity contribution in [3.63, 3.8) is 0 Å². The minimum absolute atomic E-state index is 0.155. The van der Waals surface area contributed by atoms with E-state index in [1.54, 1.807) is 26.0 Å². The zero-order chi connectivity index (χ0) is 23.6. The summed E-state index contributed by atoms with van der Waals surface area (Å²) < 4.78 is 41.1. The second-order valence-corrected chi connectivity index (χ2v) is 9.40. The monoisotopic (exact) mass is 461 g/mol. The molecule has 0 radical (unpaired) electrons. The summed E-state index contributed by atoms with van der Waals surface area (Å²) in [6, 6.07) is 8.66. The molecule has 0 aliphatic carbocycles. The van der Waals surface area contributed by atoms with Crippen molar-refractivity contribution >= 4 is 39.1 Å². The third kappa shape index (κ3) is 4.56. The lowest BCUT2D eigenvalue weighted by molar-refractivity contribution is -0.122. The molecule has 0 saturated carbocycles. The highest BCUT2D eigenvalue weighted by atomic mass is 32.2. The van der Waals surface area contributed by atoms with Gasteiger partial charge in [-0.1, -0.05) is 6.92 Å². The van der Waals surface area contributed by atoms with Crippen molar-refractivity contribution < 1.29 is 27.2 Å². The minimum Gasteiger partial charge on any atom is -0.326 e. The fourth-order valence-electron chi connectivity index (χ4n) is 3.60. The summed E-state index contributed by atoms with van der Waals surface area (Å²) in [5.41, 5.74) is 0.775. The summed E-state index contributed by atoms with van der Waals surface area (Å²) in [7, 11) is -4.18. The molecule has 3 rings (SSSR count). The van der Waals surface area contributed by atoms with Gasteiger partial charge in [-0.05, 0) is 61.9 Å². The molecule has 0 spiro atoms. The predicted molar refractivity (Wildman–Crippen MR) is 117 cm³/mol. The van der Waals surface area contributed by atoms with Crippen LogP contribution in [-0.4, -0.2) is 42.5 Å². The molecule has 1 N–H and O–H groups in total. The van der Waals surface area contributed by atoms with Gasteiger partial charge in [0.25, 0.3) is 5.91 Å². The van der Waals surface area contributed by atoms with Gasteiger partial charge in [0, 0.05) is 18.7 Å². The van der Waals surface area contributed by atoms with Gasteiger partial charge in [0.15, 0.2) is 0 Å². The summed E-state index contributed by atoms with van der Waals surface area (Å²) in [6.07, 6.45) is 0.0981.